The molecule has 0 saturated carbocycles. The van der Waals surface area contributed by atoms with Crippen LogP contribution in [-0.4, -0.2) is 60.7 Å². The summed E-state index contributed by atoms with van der Waals surface area (Å²) in [5, 5.41) is 0.397. The number of carbonyl (C=O) groups is 1. The van der Waals surface area contributed by atoms with Crippen molar-refractivity contribution in [3.05, 3.63) is 36.0 Å². The van der Waals surface area contributed by atoms with E-state index in [0.29, 0.717) is 23.7 Å². The summed E-state index contributed by atoms with van der Waals surface area (Å²) < 4.78 is 46.7. The first-order valence-electron chi connectivity index (χ1n) is 11.0. The lowest BCUT2D eigenvalue weighted by Crippen LogP contribution is -2.57. The van der Waals surface area contributed by atoms with Gasteiger partial charge in [0.1, 0.15) is 0 Å². The van der Waals surface area contributed by atoms with Crippen LogP contribution in [0.1, 0.15) is 31.7 Å². The fraction of sp³-hybridized carbons (Fsp3) is 0.565. The first-order chi connectivity index (χ1) is 15.2. The van der Waals surface area contributed by atoms with Crippen LogP contribution < -0.4 is 10.6 Å². The molecule has 0 bridgehead atoms. The zero-order valence-corrected chi connectivity index (χ0v) is 18.3. The Bertz CT molecular complexity index is 983. The van der Waals surface area contributed by atoms with Crippen LogP contribution >= 0.6 is 0 Å². The first-order valence-corrected chi connectivity index (χ1v) is 11.0. The highest BCUT2D eigenvalue weighted by atomic mass is 19.4. The number of benzene rings is 1. The van der Waals surface area contributed by atoms with Crippen LogP contribution in [0.2, 0.25) is 0 Å². The van der Waals surface area contributed by atoms with Gasteiger partial charge in [0.05, 0.1) is 23.7 Å². The number of aromatic nitrogens is 1. The molecule has 6 nitrogen and oxygen atoms in total. The SMILES string of the molecule is CC(C1CCCCN1C)[C@@H]1CN(c2ccc(C(F)(F)F)c3ncccc23)C[C@H](C(N)=O)O1. The van der Waals surface area contributed by atoms with Crippen LogP contribution in [0.3, 0.4) is 0 Å². The van der Waals surface area contributed by atoms with Crippen LogP contribution in [0.15, 0.2) is 30.5 Å². The molecule has 3 heterocycles. The van der Waals surface area contributed by atoms with Gasteiger partial charge in [0.15, 0.2) is 6.10 Å². The number of halogens is 3. The van der Waals surface area contributed by atoms with E-state index in [1.807, 2.05) is 4.90 Å². The van der Waals surface area contributed by atoms with Crippen molar-refractivity contribution in [2.45, 2.75) is 50.6 Å². The number of rotatable bonds is 4. The second-order valence-corrected chi connectivity index (χ2v) is 8.90. The Morgan fingerprint density at radius 3 is 2.72 bits per heavy atom. The van der Waals surface area contributed by atoms with Gasteiger partial charge in [-0.3, -0.25) is 9.78 Å². The minimum absolute atomic E-state index is 0.101. The summed E-state index contributed by atoms with van der Waals surface area (Å²) in [5.41, 5.74) is 5.34. The van der Waals surface area contributed by atoms with E-state index < -0.39 is 23.8 Å². The molecule has 2 aromatic rings. The third-order valence-electron chi connectivity index (χ3n) is 6.86. The zero-order chi connectivity index (χ0) is 23.0. The summed E-state index contributed by atoms with van der Waals surface area (Å²) in [4.78, 5) is 20.4. The minimum Gasteiger partial charge on any atom is -0.367 e. The van der Waals surface area contributed by atoms with E-state index in [4.69, 9.17) is 10.5 Å². The van der Waals surface area contributed by atoms with Gasteiger partial charge in [-0.1, -0.05) is 13.3 Å². The molecule has 2 aliphatic rings. The lowest BCUT2D eigenvalue weighted by molar-refractivity contribution is -0.139. The number of fused-ring (bicyclic) bond motifs is 1. The molecule has 4 rings (SSSR count). The number of nitrogens with two attached hydrogens (primary N) is 1. The van der Waals surface area contributed by atoms with Crippen molar-refractivity contribution in [3.63, 3.8) is 0 Å². The van der Waals surface area contributed by atoms with Crippen molar-refractivity contribution < 1.29 is 22.7 Å². The molecule has 174 valence electrons. The van der Waals surface area contributed by atoms with Crippen LogP contribution in [-0.2, 0) is 15.7 Å². The summed E-state index contributed by atoms with van der Waals surface area (Å²) in [7, 11) is 2.10. The minimum atomic E-state index is -4.51. The van der Waals surface area contributed by atoms with Crippen LogP contribution in [0.25, 0.3) is 10.9 Å². The molecule has 2 N–H and O–H groups in total. The van der Waals surface area contributed by atoms with Crippen LogP contribution in [0.4, 0.5) is 18.9 Å². The second-order valence-electron chi connectivity index (χ2n) is 8.90. The molecule has 2 saturated heterocycles. The Labute approximate surface area is 185 Å². The molecule has 9 heteroatoms. The number of ether oxygens (including phenoxy) is 1. The number of morpholine rings is 1. The number of anilines is 1. The lowest BCUT2D eigenvalue weighted by Gasteiger charge is -2.45. The van der Waals surface area contributed by atoms with Gasteiger partial charge in [-0.25, -0.2) is 0 Å². The molecule has 0 aliphatic carbocycles. The summed E-state index contributed by atoms with van der Waals surface area (Å²) in [6.45, 7) is 3.78. The molecule has 4 atom stereocenters. The number of hydrogen-bond acceptors (Lipinski definition) is 5. The second kappa shape index (κ2) is 8.86. The summed E-state index contributed by atoms with van der Waals surface area (Å²) in [5.74, 6) is -0.443. The highest BCUT2D eigenvalue weighted by Gasteiger charge is 2.39. The molecule has 2 fully saturated rings. The average molecular weight is 451 g/mol. The van der Waals surface area contributed by atoms with Gasteiger partial charge in [0.2, 0.25) is 5.91 Å². The fourth-order valence-electron chi connectivity index (χ4n) is 5.11. The van der Waals surface area contributed by atoms with Crippen LogP contribution in [0, 0.1) is 5.92 Å². The van der Waals surface area contributed by atoms with Crippen molar-refractivity contribution in [1.29, 1.82) is 0 Å². The zero-order valence-electron chi connectivity index (χ0n) is 18.3. The van der Waals surface area contributed by atoms with E-state index in [0.717, 1.165) is 31.9 Å². The Morgan fingerprint density at radius 1 is 1.25 bits per heavy atom. The van der Waals surface area contributed by atoms with E-state index in [1.165, 1.54) is 12.3 Å². The number of carbonyl (C=O) groups excluding carboxylic acids is 1. The monoisotopic (exact) mass is 450 g/mol. The predicted molar refractivity (Wildman–Crippen MR) is 116 cm³/mol. The third-order valence-corrected chi connectivity index (χ3v) is 6.86. The van der Waals surface area contributed by atoms with Crippen molar-refractivity contribution >= 4 is 22.5 Å². The number of pyridine rings is 1. The van der Waals surface area contributed by atoms with E-state index in [2.05, 4.69) is 23.9 Å². The highest BCUT2D eigenvalue weighted by Crippen LogP contribution is 2.39. The molecule has 2 unspecified atom stereocenters. The van der Waals surface area contributed by atoms with Gasteiger partial charge in [0, 0.05) is 29.9 Å². The standard InChI is InChI=1S/C23H29F3N4O2/c1-14(17-7-3-4-11-29(17)2)19-12-30(13-20(32-19)22(27)31)18-9-8-16(23(24,25)26)21-15(18)6-5-10-28-21/h5-6,8-10,14,17,19-20H,3-4,7,11-13H2,1-2H3,(H2,27,31)/t14?,17?,19-,20+/m0/s1. The number of alkyl halides is 3. The summed E-state index contributed by atoms with van der Waals surface area (Å²) in [6.07, 6.45) is -0.910. The number of primary amides is 1. The Kier molecular flexibility index (Phi) is 6.31. The maximum atomic E-state index is 13.5. The molecule has 32 heavy (non-hydrogen) atoms. The van der Waals surface area contributed by atoms with Crippen molar-refractivity contribution in [1.82, 2.24) is 9.88 Å². The van der Waals surface area contributed by atoms with E-state index in [9.17, 15) is 18.0 Å². The van der Waals surface area contributed by atoms with Gasteiger partial charge in [-0.05, 0) is 56.6 Å². The molecular weight excluding hydrogens is 421 g/mol. The third kappa shape index (κ3) is 4.41. The lowest BCUT2D eigenvalue weighted by atomic mass is 9.87. The van der Waals surface area contributed by atoms with Crippen LogP contribution in [0.5, 0.6) is 0 Å². The molecule has 0 spiro atoms. The summed E-state index contributed by atoms with van der Waals surface area (Å²) >= 11 is 0. The Hall–Kier alpha value is -2.39. The number of hydrogen-bond donors (Lipinski definition) is 1. The number of nitrogens with zero attached hydrogens (tertiary/aromatic N) is 3. The highest BCUT2D eigenvalue weighted by molar-refractivity contribution is 5.94. The molecule has 1 aromatic carbocycles. The topological polar surface area (TPSA) is 71.7 Å². The van der Waals surface area contributed by atoms with E-state index >= 15 is 0 Å². The number of amides is 1. The van der Waals surface area contributed by atoms with Crippen molar-refractivity contribution in [2.24, 2.45) is 11.7 Å². The number of likely N-dealkylation sites (tertiary alicyclic amines) is 1. The molecule has 1 aromatic heterocycles. The average Bonchev–Trinajstić information content (AvgIpc) is 2.77. The maximum absolute atomic E-state index is 13.5. The maximum Gasteiger partial charge on any atom is 0.418 e. The molecule has 1 amide bonds. The predicted octanol–water partition coefficient (Wildman–Crippen LogP) is 3.43. The van der Waals surface area contributed by atoms with Crippen molar-refractivity contribution in [3.8, 4) is 0 Å². The normalized spacial score (nSPS) is 26.3. The Balaban J connectivity index is 1.70. The largest absolute Gasteiger partial charge is 0.418 e. The molecule has 0 radical (unpaired) electrons. The van der Waals surface area contributed by atoms with Gasteiger partial charge in [-0.15, -0.1) is 0 Å². The van der Waals surface area contributed by atoms with Gasteiger partial charge in [0.25, 0.3) is 0 Å². The van der Waals surface area contributed by atoms with Gasteiger partial charge in [-0.2, -0.15) is 13.2 Å². The quantitative estimate of drug-likeness (QED) is 0.773. The van der Waals surface area contributed by atoms with E-state index in [1.54, 1.807) is 12.1 Å². The summed E-state index contributed by atoms with van der Waals surface area (Å²) in [6, 6.07) is 6.09. The van der Waals surface area contributed by atoms with Gasteiger partial charge >= 0.3 is 6.18 Å². The van der Waals surface area contributed by atoms with Gasteiger partial charge < -0.3 is 20.3 Å². The number of piperidine rings is 1. The Morgan fingerprint density at radius 2 is 2.03 bits per heavy atom. The fourth-order valence-corrected chi connectivity index (χ4v) is 5.11. The van der Waals surface area contributed by atoms with Crippen molar-refractivity contribution in [2.75, 3.05) is 31.6 Å². The molecule has 2 aliphatic heterocycles. The smallest absolute Gasteiger partial charge is 0.367 e. The molecular formula is C23H29F3N4O2. The van der Waals surface area contributed by atoms with E-state index in [-0.39, 0.29) is 24.1 Å². The first kappa shape index (κ1) is 22.8.